The van der Waals surface area contributed by atoms with Crippen LogP contribution in [-0.4, -0.2) is 57.9 Å². The zero-order valence-electron chi connectivity index (χ0n) is 33.5. The molecule has 62 heavy (non-hydrogen) atoms. The molecule has 300 valence electrons. The van der Waals surface area contributed by atoms with Crippen molar-refractivity contribution in [2.45, 2.75) is 33.4 Å². The molecule has 6 aromatic rings. The molecule has 0 bridgehead atoms. The van der Waals surface area contributed by atoms with Gasteiger partial charge in [-0.15, -0.1) is 10.2 Å². The van der Waals surface area contributed by atoms with Crippen LogP contribution >= 0.6 is 0 Å². The molecule has 0 heterocycles. The van der Waals surface area contributed by atoms with Crippen molar-refractivity contribution in [1.82, 2.24) is 0 Å². The molecule has 0 radical (unpaired) electrons. The molecule has 0 aliphatic rings. The average Bonchev–Trinajstić information content (AvgIpc) is 3.11. The monoisotopic (exact) mass is 956 g/mol. The van der Waals surface area contributed by atoms with E-state index >= 15 is 0 Å². The number of fused-ring (bicyclic) bond motifs is 2. The van der Waals surface area contributed by atoms with Gasteiger partial charge < -0.3 is 28.8 Å². The van der Waals surface area contributed by atoms with E-state index in [9.17, 15) is 56.7 Å². The van der Waals surface area contributed by atoms with Crippen molar-refractivity contribution in [3.05, 3.63) is 108 Å². The molecule has 0 atom stereocenters. The number of amides is 2. The molecule has 0 spiro atoms. The van der Waals surface area contributed by atoms with E-state index in [0.717, 1.165) is 60.7 Å². The van der Waals surface area contributed by atoms with E-state index in [1.807, 2.05) is 0 Å². The van der Waals surface area contributed by atoms with Gasteiger partial charge in [0, 0.05) is 32.9 Å². The smallest absolute Gasteiger partial charge is 0.744 e. The van der Waals surface area contributed by atoms with Crippen LogP contribution in [0.4, 0.5) is 38.9 Å². The summed E-state index contributed by atoms with van der Waals surface area (Å²) in [5.41, 5.74) is 1.66. The van der Waals surface area contributed by atoms with Crippen LogP contribution in [0.1, 0.15) is 11.1 Å². The predicted molar refractivity (Wildman–Crippen MR) is 203 cm³/mol. The van der Waals surface area contributed by atoms with Crippen molar-refractivity contribution in [3.8, 4) is 0 Å². The van der Waals surface area contributed by atoms with E-state index in [0.29, 0.717) is 22.5 Å². The van der Waals surface area contributed by atoms with Crippen LogP contribution in [0.2, 0.25) is 0 Å². The number of rotatable bonds is 10. The number of hydrogen-bond acceptors (Lipinski definition) is 17. The first-order valence-electron chi connectivity index (χ1n) is 16.1. The molecule has 2 N–H and O–H groups in total. The third-order valence-corrected chi connectivity index (χ3v) is 11.9. The molecule has 27 heteroatoms. The molecule has 0 saturated carbocycles. The summed E-state index contributed by atoms with van der Waals surface area (Å²) in [6.45, 7) is 3.24. The summed E-state index contributed by atoms with van der Waals surface area (Å²) in [6, 6.07) is 18.7. The summed E-state index contributed by atoms with van der Waals surface area (Å²) in [4.78, 5) is 9.79. The summed E-state index contributed by atoms with van der Waals surface area (Å²) < 4.78 is 143. The Morgan fingerprint density at radius 2 is 0.742 bits per heavy atom. The summed E-state index contributed by atoms with van der Waals surface area (Å²) in [6.07, 6.45) is 0. The number of azo groups is 2. The number of carbonyl (C=O) groups excluding carboxylic acids is 1. The summed E-state index contributed by atoms with van der Waals surface area (Å²) >= 11 is 0. The van der Waals surface area contributed by atoms with E-state index < -0.39 is 76.9 Å². The number of hydrogen-bond donors (Lipinski definition) is 2. The third kappa shape index (κ3) is 13.1. The van der Waals surface area contributed by atoms with Gasteiger partial charge >= 0.3 is 124 Å². The number of urea groups is 1. The predicted octanol–water partition coefficient (Wildman–Crippen LogP) is -5.28. The maximum Gasteiger partial charge on any atom is 1.00 e. The molecule has 0 unspecified atom stereocenters. The maximum absolute atomic E-state index is 12.9. The Kier molecular flexibility index (Phi) is 19.9. The Labute approximate surface area is 443 Å². The second-order valence-electron chi connectivity index (χ2n) is 12.3. The minimum Gasteiger partial charge on any atom is -0.744 e. The van der Waals surface area contributed by atoms with Crippen molar-refractivity contribution in [2.24, 2.45) is 20.5 Å². The summed E-state index contributed by atoms with van der Waals surface area (Å²) in [5.74, 6) is 0. The first-order chi connectivity index (χ1) is 27.0. The molecule has 0 fully saturated rings. The first kappa shape index (κ1) is 56.1. The van der Waals surface area contributed by atoms with E-state index in [2.05, 4.69) is 31.1 Å². The minimum atomic E-state index is -5.13. The second kappa shape index (κ2) is 22.0. The van der Waals surface area contributed by atoms with Crippen LogP contribution in [-0.2, 0) is 40.5 Å². The quantitative estimate of drug-likeness (QED) is 0.0738. The molecule has 0 saturated heterocycles. The number of benzene rings is 6. The SMILES string of the molecule is Cc1cc(NC(=O)Nc2ccc(N=Nc3ccc(S(=O)(=O)[O-])c4cccc(S(=O)(=O)[O-])c34)c(C)c2)ccc1N=Nc1ccc(S(=O)(=O)[O-])c2cccc(S(=O)(=O)[O-])c12.[Na+].[Na+].[Na+].[Na+]. The normalized spacial score (nSPS) is 12.0. The second-order valence-corrected chi connectivity index (χ2v) is 17.7. The van der Waals surface area contributed by atoms with E-state index in [-0.39, 0.29) is 152 Å². The van der Waals surface area contributed by atoms with Gasteiger partial charge in [0.05, 0.1) is 42.3 Å². The fraction of sp³-hybridized carbons (Fsp3) is 0.0571. The molecular formula is C35H24N6Na4O13S4. The molecule has 19 nitrogen and oxygen atoms in total. The topological polar surface area (TPSA) is 319 Å². The van der Waals surface area contributed by atoms with E-state index in [1.54, 1.807) is 13.8 Å². The molecule has 6 aromatic carbocycles. The van der Waals surface area contributed by atoms with E-state index in [4.69, 9.17) is 0 Å². The first-order valence-corrected chi connectivity index (χ1v) is 21.7. The Morgan fingerprint density at radius 1 is 0.435 bits per heavy atom. The molecule has 6 rings (SSSR count). The minimum absolute atomic E-state index is 0. The fourth-order valence-corrected chi connectivity index (χ4v) is 8.64. The van der Waals surface area contributed by atoms with Crippen molar-refractivity contribution >= 4 is 102 Å². The van der Waals surface area contributed by atoms with Gasteiger partial charge in [-0.25, -0.2) is 38.5 Å². The van der Waals surface area contributed by atoms with E-state index in [1.165, 1.54) is 36.4 Å². The zero-order valence-corrected chi connectivity index (χ0v) is 44.7. The van der Waals surface area contributed by atoms with Crippen LogP contribution in [0.5, 0.6) is 0 Å². The van der Waals surface area contributed by atoms with Crippen molar-refractivity contribution in [1.29, 1.82) is 0 Å². The summed E-state index contributed by atoms with van der Waals surface area (Å²) in [7, 11) is -20.4. The van der Waals surface area contributed by atoms with Crippen LogP contribution in [0.15, 0.2) is 137 Å². The molecule has 0 aliphatic heterocycles. The van der Waals surface area contributed by atoms with Gasteiger partial charge in [0.2, 0.25) is 0 Å². The van der Waals surface area contributed by atoms with Gasteiger partial charge in [0.1, 0.15) is 40.5 Å². The largest absolute Gasteiger partial charge is 1.00 e. The number of nitrogens with zero attached hydrogens (tertiary/aromatic N) is 4. The van der Waals surface area contributed by atoms with Crippen LogP contribution in [0.25, 0.3) is 21.5 Å². The van der Waals surface area contributed by atoms with Crippen LogP contribution < -0.4 is 129 Å². The number of nitrogens with one attached hydrogen (secondary N) is 2. The van der Waals surface area contributed by atoms with Crippen LogP contribution in [0.3, 0.4) is 0 Å². The molecule has 0 aliphatic carbocycles. The Balaban J connectivity index is 0.00000331. The number of aryl methyl sites for hydroxylation is 2. The summed E-state index contributed by atoms with van der Waals surface area (Å²) in [5, 5.41) is 20.1. The number of anilines is 2. The van der Waals surface area contributed by atoms with Gasteiger partial charge in [-0.3, -0.25) is 0 Å². The third-order valence-electron chi connectivity index (χ3n) is 8.40. The Morgan fingerprint density at radius 3 is 1.05 bits per heavy atom. The number of carbonyl (C=O) groups is 1. The van der Waals surface area contributed by atoms with Crippen LogP contribution in [0, 0.1) is 13.8 Å². The Hall–Kier alpha value is -2.05. The maximum atomic E-state index is 12.9. The standard InChI is InChI=1S/C35H28N6O13S4.4Na/c1-19-17-21(9-11-25(19)38-40-27-13-15-29(55(43,44)45)23-5-3-7-31(33(23)27)57(49,50)51)36-35(42)37-22-10-12-26(20(2)18-22)39-41-28-14-16-30(56(46,47)48)24-6-4-8-32(34(24)28)58(52,53)54;;;;/h3-18H,1-2H3,(H2,36,37,42)(H,43,44,45)(H,46,47,48)(H,49,50,51)(H,52,53,54);;;;/q;4*+1/p-4. The van der Waals surface area contributed by atoms with Gasteiger partial charge in [-0.1, -0.05) is 24.3 Å². The zero-order chi connectivity index (χ0) is 42.4. The molecule has 2 amide bonds. The molecular weight excluding hydrogens is 933 g/mol. The Bertz CT molecular complexity index is 3030. The average molecular weight is 957 g/mol. The molecule has 0 aromatic heterocycles. The van der Waals surface area contributed by atoms with Gasteiger partial charge in [0.15, 0.2) is 0 Å². The van der Waals surface area contributed by atoms with Gasteiger partial charge in [-0.2, -0.15) is 10.2 Å². The fourth-order valence-electron chi connectivity index (χ4n) is 5.88. The van der Waals surface area contributed by atoms with Crippen molar-refractivity contribution < 1.29 is 175 Å². The van der Waals surface area contributed by atoms with Crippen molar-refractivity contribution in [3.63, 3.8) is 0 Å². The van der Waals surface area contributed by atoms with Crippen molar-refractivity contribution in [2.75, 3.05) is 10.6 Å². The van der Waals surface area contributed by atoms with Gasteiger partial charge in [0.25, 0.3) is 0 Å². The van der Waals surface area contributed by atoms with Gasteiger partial charge in [-0.05, 0) is 97.8 Å².